The SMILES string of the molecule is COc1ccccc1CC1CCCN1C(=O)C1CC1. The van der Waals surface area contributed by atoms with Gasteiger partial charge < -0.3 is 9.64 Å². The zero-order valence-electron chi connectivity index (χ0n) is 11.5. The van der Waals surface area contributed by atoms with Crippen molar-refractivity contribution < 1.29 is 9.53 Å². The van der Waals surface area contributed by atoms with Crippen LogP contribution in [0.5, 0.6) is 5.75 Å². The lowest BCUT2D eigenvalue weighted by Gasteiger charge is -2.25. The summed E-state index contributed by atoms with van der Waals surface area (Å²) < 4.78 is 5.41. The number of hydrogen-bond acceptors (Lipinski definition) is 2. The molecule has 0 spiro atoms. The molecular weight excluding hydrogens is 238 g/mol. The Morgan fingerprint density at radius 2 is 2.11 bits per heavy atom. The van der Waals surface area contributed by atoms with Gasteiger partial charge in [-0.3, -0.25) is 4.79 Å². The second-order valence-electron chi connectivity index (χ2n) is 5.62. The molecule has 1 aliphatic carbocycles. The molecular formula is C16H21NO2. The molecule has 2 fully saturated rings. The van der Waals surface area contributed by atoms with Gasteiger partial charge in [0.25, 0.3) is 0 Å². The van der Waals surface area contributed by atoms with Crippen molar-refractivity contribution in [2.75, 3.05) is 13.7 Å². The summed E-state index contributed by atoms with van der Waals surface area (Å²) in [7, 11) is 1.71. The Bertz CT molecular complexity index is 468. The average molecular weight is 259 g/mol. The van der Waals surface area contributed by atoms with E-state index in [0.29, 0.717) is 17.9 Å². The Labute approximate surface area is 114 Å². The van der Waals surface area contributed by atoms with E-state index in [1.807, 2.05) is 18.2 Å². The highest BCUT2D eigenvalue weighted by Crippen LogP contribution is 2.34. The second-order valence-corrected chi connectivity index (χ2v) is 5.62. The van der Waals surface area contributed by atoms with Crippen molar-refractivity contribution in [3.8, 4) is 5.75 Å². The molecule has 1 heterocycles. The van der Waals surface area contributed by atoms with Crippen molar-refractivity contribution in [3.63, 3.8) is 0 Å². The van der Waals surface area contributed by atoms with Crippen LogP contribution in [0.25, 0.3) is 0 Å². The molecule has 0 bridgehead atoms. The van der Waals surface area contributed by atoms with Crippen LogP contribution in [-0.2, 0) is 11.2 Å². The first-order chi connectivity index (χ1) is 9.29. The standard InChI is InChI=1S/C16H21NO2/c1-19-15-7-3-2-5-13(15)11-14-6-4-10-17(14)16(18)12-8-9-12/h2-3,5,7,12,14H,4,6,8-11H2,1H3. The number of rotatable bonds is 4. The highest BCUT2D eigenvalue weighted by atomic mass is 16.5. The average Bonchev–Trinajstić information content (AvgIpc) is 3.19. The van der Waals surface area contributed by atoms with Gasteiger partial charge in [-0.25, -0.2) is 0 Å². The van der Waals surface area contributed by atoms with E-state index in [1.165, 1.54) is 5.56 Å². The van der Waals surface area contributed by atoms with Gasteiger partial charge in [-0.15, -0.1) is 0 Å². The predicted octanol–water partition coefficient (Wildman–Crippen LogP) is 2.64. The molecule has 1 aromatic carbocycles. The molecule has 2 aliphatic rings. The van der Waals surface area contributed by atoms with E-state index in [0.717, 1.165) is 44.4 Å². The lowest BCUT2D eigenvalue weighted by Crippen LogP contribution is -2.37. The molecule has 1 amide bonds. The van der Waals surface area contributed by atoms with Gasteiger partial charge in [0, 0.05) is 18.5 Å². The normalized spacial score (nSPS) is 22.6. The molecule has 1 atom stereocenters. The molecule has 3 heteroatoms. The number of likely N-dealkylation sites (tertiary alicyclic amines) is 1. The Hall–Kier alpha value is -1.51. The van der Waals surface area contributed by atoms with E-state index < -0.39 is 0 Å². The van der Waals surface area contributed by atoms with Crippen molar-refractivity contribution in [2.45, 2.75) is 38.1 Å². The minimum Gasteiger partial charge on any atom is -0.496 e. The largest absolute Gasteiger partial charge is 0.496 e. The summed E-state index contributed by atoms with van der Waals surface area (Å²) in [6.07, 6.45) is 5.37. The molecule has 19 heavy (non-hydrogen) atoms. The molecule has 3 nitrogen and oxygen atoms in total. The minimum atomic E-state index is 0.332. The van der Waals surface area contributed by atoms with Crippen molar-refractivity contribution in [3.05, 3.63) is 29.8 Å². The van der Waals surface area contributed by atoms with Gasteiger partial charge in [0.2, 0.25) is 5.91 Å². The van der Waals surface area contributed by atoms with Crippen molar-refractivity contribution in [2.24, 2.45) is 5.92 Å². The fraction of sp³-hybridized carbons (Fsp3) is 0.562. The van der Waals surface area contributed by atoms with Crippen LogP contribution in [-0.4, -0.2) is 30.5 Å². The zero-order valence-corrected chi connectivity index (χ0v) is 11.5. The van der Waals surface area contributed by atoms with E-state index in [1.54, 1.807) is 7.11 Å². The number of ether oxygens (including phenoxy) is 1. The molecule has 0 aromatic heterocycles. The van der Waals surface area contributed by atoms with Crippen molar-refractivity contribution in [1.29, 1.82) is 0 Å². The maximum atomic E-state index is 12.3. The summed E-state index contributed by atoms with van der Waals surface area (Å²) in [5.41, 5.74) is 1.21. The number of nitrogens with zero attached hydrogens (tertiary/aromatic N) is 1. The van der Waals surface area contributed by atoms with Gasteiger partial charge in [-0.05, 0) is 43.7 Å². The van der Waals surface area contributed by atoms with E-state index >= 15 is 0 Å². The Kier molecular flexibility index (Phi) is 3.45. The number of carbonyl (C=O) groups excluding carboxylic acids is 1. The van der Waals surface area contributed by atoms with Gasteiger partial charge in [-0.1, -0.05) is 18.2 Å². The van der Waals surface area contributed by atoms with Gasteiger partial charge >= 0.3 is 0 Å². The van der Waals surface area contributed by atoms with Crippen molar-refractivity contribution >= 4 is 5.91 Å². The van der Waals surface area contributed by atoms with Crippen LogP contribution in [0.15, 0.2) is 24.3 Å². The highest BCUT2D eigenvalue weighted by molar-refractivity contribution is 5.81. The van der Waals surface area contributed by atoms with Crippen LogP contribution in [0.3, 0.4) is 0 Å². The predicted molar refractivity (Wildman–Crippen MR) is 74.2 cm³/mol. The van der Waals surface area contributed by atoms with Crippen LogP contribution < -0.4 is 4.74 Å². The van der Waals surface area contributed by atoms with Crippen LogP contribution in [0.1, 0.15) is 31.2 Å². The lowest BCUT2D eigenvalue weighted by atomic mass is 10.0. The van der Waals surface area contributed by atoms with Gasteiger partial charge in [-0.2, -0.15) is 0 Å². The number of para-hydroxylation sites is 1. The van der Waals surface area contributed by atoms with Crippen molar-refractivity contribution in [1.82, 2.24) is 4.90 Å². The molecule has 0 radical (unpaired) electrons. The topological polar surface area (TPSA) is 29.5 Å². The van der Waals surface area contributed by atoms with Gasteiger partial charge in [0.05, 0.1) is 7.11 Å². The fourth-order valence-electron chi connectivity index (χ4n) is 3.03. The minimum absolute atomic E-state index is 0.332. The van der Waals surface area contributed by atoms with Crippen LogP contribution in [0, 0.1) is 5.92 Å². The first kappa shape index (κ1) is 12.5. The number of hydrogen-bond donors (Lipinski definition) is 0. The summed E-state index contributed by atoms with van der Waals surface area (Å²) >= 11 is 0. The van der Waals surface area contributed by atoms with E-state index in [9.17, 15) is 4.79 Å². The summed E-state index contributed by atoms with van der Waals surface area (Å²) in [5.74, 6) is 1.66. The molecule has 102 valence electrons. The maximum Gasteiger partial charge on any atom is 0.225 e. The molecule has 3 rings (SSSR count). The van der Waals surface area contributed by atoms with Gasteiger partial charge in [0.1, 0.15) is 5.75 Å². The monoisotopic (exact) mass is 259 g/mol. The summed E-state index contributed by atoms with van der Waals surface area (Å²) in [6, 6.07) is 8.50. The third kappa shape index (κ3) is 2.60. The second kappa shape index (κ2) is 5.24. The zero-order chi connectivity index (χ0) is 13.2. The molecule has 1 aromatic rings. The van der Waals surface area contributed by atoms with Crippen LogP contribution in [0.4, 0.5) is 0 Å². The summed E-state index contributed by atoms with van der Waals surface area (Å²) in [6.45, 7) is 0.940. The summed E-state index contributed by atoms with van der Waals surface area (Å²) in [4.78, 5) is 14.4. The molecule has 1 aliphatic heterocycles. The first-order valence-electron chi connectivity index (χ1n) is 7.22. The fourth-order valence-corrected chi connectivity index (χ4v) is 3.03. The number of methoxy groups -OCH3 is 1. The molecule has 1 unspecified atom stereocenters. The van der Waals surface area contributed by atoms with Crippen LogP contribution in [0.2, 0.25) is 0 Å². The number of amides is 1. The van der Waals surface area contributed by atoms with E-state index in [2.05, 4.69) is 11.0 Å². The molecule has 0 N–H and O–H groups in total. The highest BCUT2D eigenvalue weighted by Gasteiger charge is 2.38. The third-order valence-electron chi connectivity index (χ3n) is 4.23. The smallest absolute Gasteiger partial charge is 0.225 e. The van der Waals surface area contributed by atoms with Gasteiger partial charge in [0.15, 0.2) is 0 Å². The Morgan fingerprint density at radius 3 is 2.84 bits per heavy atom. The number of benzene rings is 1. The third-order valence-corrected chi connectivity index (χ3v) is 4.23. The van der Waals surface area contributed by atoms with E-state index in [4.69, 9.17) is 4.74 Å². The lowest BCUT2D eigenvalue weighted by molar-refractivity contribution is -0.133. The number of carbonyl (C=O) groups is 1. The van der Waals surface area contributed by atoms with E-state index in [-0.39, 0.29) is 0 Å². The Balaban J connectivity index is 1.72. The first-order valence-corrected chi connectivity index (χ1v) is 7.22. The summed E-state index contributed by atoms with van der Waals surface area (Å²) in [5, 5.41) is 0. The molecule has 1 saturated carbocycles. The maximum absolute atomic E-state index is 12.3. The molecule has 1 saturated heterocycles. The van der Waals surface area contributed by atoms with Crippen LogP contribution >= 0.6 is 0 Å². The Morgan fingerprint density at radius 1 is 1.32 bits per heavy atom. The quantitative estimate of drug-likeness (QED) is 0.832.